The zero-order valence-electron chi connectivity index (χ0n) is 7.36. The number of rotatable bonds is 0. The minimum atomic E-state index is -4.47. The van der Waals surface area contributed by atoms with Gasteiger partial charge in [-0.15, -0.1) is 0 Å². The van der Waals surface area contributed by atoms with Gasteiger partial charge in [-0.3, -0.25) is 0 Å². The Hall–Kier alpha value is -1.39. The Balaban J connectivity index is 0.000000791. The van der Waals surface area contributed by atoms with Crippen LogP contribution in [0.3, 0.4) is 0 Å². The molecule has 0 aliphatic carbocycles. The van der Waals surface area contributed by atoms with E-state index in [9.17, 15) is 17.6 Å². The van der Waals surface area contributed by atoms with Crippen molar-refractivity contribution in [2.75, 3.05) is 0 Å². The van der Waals surface area contributed by atoms with Gasteiger partial charge in [0.25, 0.3) is 0 Å². The fraction of sp³-hybridized carbons (Fsp3) is 0.222. The molecule has 0 saturated carbocycles. The number of aryl methyl sites for hydroxylation is 1. The third kappa shape index (κ3) is 3.55. The third-order valence-electron chi connectivity index (χ3n) is 1.37. The molecule has 0 aromatic heterocycles. The first kappa shape index (κ1) is 12.6. The van der Waals surface area contributed by atoms with Crippen molar-refractivity contribution in [2.45, 2.75) is 13.1 Å². The summed E-state index contributed by atoms with van der Waals surface area (Å²) in [6.45, 7) is 3.42. The molecule has 14 heavy (non-hydrogen) atoms. The maximum absolute atomic E-state index is 12.5. The number of halogens is 4. The molecule has 1 nitrogen and oxygen atoms in total. The monoisotopic (exact) mass is 208 g/mol. The summed E-state index contributed by atoms with van der Waals surface area (Å²) in [5.41, 5.74) is -0.678. The largest absolute Gasteiger partial charge is 0.416 e. The molecule has 0 heterocycles. The van der Waals surface area contributed by atoms with Crippen LogP contribution in [0.1, 0.15) is 11.1 Å². The van der Waals surface area contributed by atoms with Gasteiger partial charge in [-0.25, -0.2) is 4.39 Å². The number of benzene rings is 1. The fourth-order valence-electron chi connectivity index (χ4n) is 0.900. The Bertz CT molecular complexity index is 286. The summed E-state index contributed by atoms with van der Waals surface area (Å²) >= 11 is 0. The predicted octanol–water partition coefficient (Wildman–Crippen LogP) is 2.97. The van der Waals surface area contributed by atoms with Crippen LogP contribution in [-0.2, 0) is 11.0 Å². The number of hydrogen-bond acceptors (Lipinski definition) is 1. The van der Waals surface area contributed by atoms with Crippen LogP contribution in [-0.4, -0.2) is 6.79 Å². The van der Waals surface area contributed by atoms with E-state index in [2.05, 4.69) is 0 Å². The molecule has 1 aromatic carbocycles. The van der Waals surface area contributed by atoms with Crippen LogP contribution in [0.5, 0.6) is 0 Å². The van der Waals surface area contributed by atoms with E-state index in [0.29, 0.717) is 6.07 Å². The number of carbonyl (C=O) groups is 1. The molecule has 0 aliphatic heterocycles. The second kappa shape index (κ2) is 4.74. The summed E-state index contributed by atoms with van der Waals surface area (Å²) in [5, 5.41) is 0. The summed E-state index contributed by atoms with van der Waals surface area (Å²) < 4.78 is 48.4. The van der Waals surface area contributed by atoms with Gasteiger partial charge < -0.3 is 4.79 Å². The molecule has 5 heteroatoms. The normalized spacial score (nSPS) is 10.4. The lowest BCUT2D eigenvalue weighted by Gasteiger charge is -2.06. The first-order chi connectivity index (χ1) is 6.39. The average molecular weight is 208 g/mol. The Morgan fingerprint density at radius 2 is 1.64 bits per heavy atom. The maximum atomic E-state index is 12.5. The van der Waals surface area contributed by atoms with Gasteiger partial charge in [0.1, 0.15) is 12.6 Å². The van der Waals surface area contributed by atoms with Gasteiger partial charge in [-0.05, 0) is 30.7 Å². The van der Waals surface area contributed by atoms with Crippen molar-refractivity contribution < 1.29 is 22.4 Å². The van der Waals surface area contributed by atoms with E-state index in [-0.39, 0.29) is 5.56 Å². The van der Waals surface area contributed by atoms with Crippen molar-refractivity contribution in [3.05, 3.63) is 35.1 Å². The Kier molecular flexibility index (Phi) is 4.27. The summed E-state index contributed by atoms with van der Waals surface area (Å²) in [7, 11) is 0. The standard InChI is InChI=1S/C8H6F4.CH2O/c1-5-2-6(8(10,11)12)4-7(9)3-5;1-2/h2-4H,1H3;1H2. The SMILES string of the molecule is C=O.Cc1cc(F)cc(C(F)(F)F)c1. The molecule has 0 fully saturated rings. The number of hydrogen-bond donors (Lipinski definition) is 0. The highest BCUT2D eigenvalue weighted by Crippen LogP contribution is 2.30. The van der Waals surface area contributed by atoms with Gasteiger partial charge in [0.05, 0.1) is 5.56 Å². The summed E-state index contributed by atoms with van der Waals surface area (Å²) in [6.07, 6.45) is -4.47. The van der Waals surface area contributed by atoms with Gasteiger partial charge in [0.2, 0.25) is 0 Å². The molecule has 0 saturated heterocycles. The van der Waals surface area contributed by atoms with Crippen LogP contribution in [0.2, 0.25) is 0 Å². The smallest absolute Gasteiger partial charge is 0.307 e. The van der Waals surface area contributed by atoms with E-state index in [0.717, 1.165) is 12.1 Å². The molecule has 0 radical (unpaired) electrons. The highest BCUT2D eigenvalue weighted by molar-refractivity contribution is 5.25. The van der Waals surface area contributed by atoms with Crippen molar-refractivity contribution in [2.24, 2.45) is 0 Å². The van der Waals surface area contributed by atoms with Crippen LogP contribution in [0, 0.1) is 12.7 Å². The van der Waals surface area contributed by atoms with E-state index < -0.39 is 17.6 Å². The van der Waals surface area contributed by atoms with Crippen molar-refractivity contribution in [3.8, 4) is 0 Å². The molecule has 0 spiro atoms. The minimum Gasteiger partial charge on any atom is -0.307 e. The molecule has 78 valence electrons. The van der Waals surface area contributed by atoms with Gasteiger partial charge in [0, 0.05) is 0 Å². The van der Waals surface area contributed by atoms with E-state index >= 15 is 0 Å². The molecular formula is C9H8F4O. The van der Waals surface area contributed by atoms with Gasteiger partial charge in [0.15, 0.2) is 0 Å². The molecule has 1 rings (SSSR count). The lowest BCUT2D eigenvalue weighted by molar-refractivity contribution is -0.137. The molecule has 0 bridgehead atoms. The fourth-order valence-corrected chi connectivity index (χ4v) is 0.900. The summed E-state index contributed by atoms with van der Waals surface area (Å²) in [6, 6.07) is 2.44. The predicted molar refractivity (Wildman–Crippen MR) is 43.3 cm³/mol. The van der Waals surface area contributed by atoms with E-state index in [1.807, 2.05) is 6.79 Å². The molecule has 0 atom stereocenters. The first-order valence-corrected chi connectivity index (χ1v) is 3.53. The molecule has 0 aliphatic rings. The van der Waals surface area contributed by atoms with Crippen molar-refractivity contribution in [3.63, 3.8) is 0 Å². The highest BCUT2D eigenvalue weighted by Gasteiger charge is 2.30. The minimum absolute atomic E-state index is 0.266. The first-order valence-electron chi connectivity index (χ1n) is 3.53. The van der Waals surface area contributed by atoms with Crippen LogP contribution in [0.4, 0.5) is 17.6 Å². The second-order valence-electron chi connectivity index (χ2n) is 2.52. The topological polar surface area (TPSA) is 17.1 Å². The van der Waals surface area contributed by atoms with Crippen molar-refractivity contribution in [1.82, 2.24) is 0 Å². The lowest BCUT2D eigenvalue weighted by Crippen LogP contribution is -2.05. The molecular weight excluding hydrogens is 200 g/mol. The number of carbonyl (C=O) groups excluding carboxylic acids is 1. The van der Waals surface area contributed by atoms with Crippen LogP contribution < -0.4 is 0 Å². The maximum Gasteiger partial charge on any atom is 0.416 e. The summed E-state index contributed by atoms with van der Waals surface area (Å²) in [4.78, 5) is 8.00. The van der Waals surface area contributed by atoms with E-state index in [1.54, 1.807) is 0 Å². The van der Waals surface area contributed by atoms with E-state index in [1.165, 1.54) is 6.92 Å². The quantitative estimate of drug-likeness (QED) is 0.599. The summed E-state index contributed by atoms with van der Waals surface area (Å²) in [5.74, 6) is -0.859. The Labute approximate surface area is 78.4 Å². The average Bonchev–Trinajstić information content (AvgIpc) is 2.04. The zero-order valence-corrected chi connectivity index (χ0v) is 7.36. The van der Waals surface area contributed by atoms with Gasteiger partial charge in [-0.2, -0.15) is 13.2 Å². The van der Waals surface area contributed by atoms with Crippen molar-refractivity contribution in [1.29, 1.82) is 0 Å². The van der Waals surface area contributed by atoms with Gasteiger partial charge >= 0.3 is 6.18 Å². The highest BCUT2D eigenvalue weighted by atomic mass is 19.4. The van der Waals surface area contributed by atoms with Crippen LogP contribution in [0.15, 0.2) is 18.2 Å². The number of alkyl halides is 3. The van der Waals surface area contributed by atoms with E-state index in [4.69, 9.17) is 4.79 Å². The Morgan fingerprint density at radius 3 is 2.00 bits per heavy atom. The van der Waals surface area contributed by atoms with Crippen molar-refractivity contribution >= 4 is 6.79 Å². The molecule has 1 aromatic rings. The van der Waals surface area contributed by atoms with Gasteiger partial charge in [-0.1, -0.05) is 0 Å². The van der Waals surface area contributed by atoms with Crippen LogP contribution >= 0.6 is 0 Å². The zero-order chi connectivity index (χ0) is 11.4. The van der Waals surface area contributed by atoms with Crippen LogP contribution in [0.25, 0.3) is 0 Å². The molecule has 0 N–H and O–H groups in total. The lowest BCUT2D eigenvalue weighted by atomic mass is 10.1. The third-order valence-corrected chi connectivity index (χ3v) is 1.37. The Morgan fingerprint density at radius 1 is 1.14 bits per heavy atom. The second-order valence-corrected chi connectivity index (χ2v) is 2.52. The molecule has 0 unspecified atom stereocenters. The molecule has 0 amide bonds.